The second-order valence-corrected chi connectivity index (χ2v) is 6.67. The molecule has 1 aromatic heterocycles. The molecule has 0 saturated carbocycles. The van der Waals surface area contributed by atoms with E-state index < -0.39 is 23.3 Å². The Hall–Kier alpha value is -3.23. The van der Waals surface area contributed by atoms with Gasteiger partial charge in [0.15, 0.2) is 5.82 Å². The van der Waals surface area contributed by atoms with E-state index in [1.807, 2.05) is 0 Å². The summed E-state index contributed by atoms with van der Waals surface area (Å²) in [5, 5.41) is 19.4. The number of ether oxygens (including phenoxy) is 2. The van der Waals surface area contributed by atoms with Crippen LogP contribution in [-0.4, -0.2) is 25.9 Å². The number of carbonyl (C=O) groups is 1. The van der Waals surface area contributed by atoms with E-state index >= 15 is 0 Å². The molecular weight excluding hydrogens is 423 g/mol. The fraction of sp³-hybridized carbons (Fsp3) is 0.105. The lowest BCUT2D eigenvalue weighted by Gasteiger charge is -2.15. The number of halogens is 2. The Bertz CT molecular complexity index is 1150. The Morgan fingerprint density at radius 3 is 2.59 bits per heavy atom. The lowest BCUT2D eigenvalue weighted by molar-refractivity contribution is 0.140. The Kier molecular flexibility index (Phi) is 5.95. The van der Waals surface area contributed by atoms with Crippen LogP contribution in [0.15, 0.2) is 47.3 Å². The molecule has 0 amide bonds. The number of benzene rings is 2. The van der Waals surface area contributed by atoms with E-state index in [9.17, 15) is 14.7 Å². The first-order chi connectivity index (χ1) is 13.8. The second kappa shape index (κ2) is 8.42. The summed E-state index contributed by atoms with van der Waals surface area (Å²) in [5.74, 6) is -1.20. The van der Waals surface area contributed by atoms with E-state index in [1.54, 1.807) is 42.5 Å². The Morgan fingerprint density at radius 2 is 1.90 bits per heavy atom. The fourth-order valence-corrected chi connectivity index (χ4v) is 2.85. The van der Waals surface area contributed by atoms with E-state index in [-0.39, 0.29) is 12.4 Å². The van der Waals surface area contributed by atoms with Crippen molar-refractivity contribution in [3.63, 3.8) is 0 Å². The first kappa shape index (κ1) is 20.5. The molecule has 8 nitrogen and oxygen atoms in total. The second-order valence-electron chi connectivity index (χ2n) is 5.85. The molecule has 3 rings (SSSR count). The maximum absolute atomic E-state index is 12.3. The van der Waals surface area contributed by atoms with Crippen LogP contribution in [0.4, 0.5) is 4.79 Å². The fourth-order valence-electron chi connectivity index (χ4n) is 2.53. The monoisotopic (exact) mass is 436 g/mol. The molecule has 1 heterocycles. The lowest BCUT2D eigenvalue weighted by Crippen LogP contribution is -2.21. The number of rotatable bonds is 5. The van der Waals surface area contributed by atoms with Gasteiger partial charge in [0.2, 0.25) is 5.75 Å². The van der Waals surface area contributed by atoms with Gasteiger partial charge < -0.3 is 19.7 Å². The number of aromatic hydroxyl groups is 1. The van der Waals surface area contributed by atoms with Crippen LogP contribution in [0.2, 0.25) is 10.0 Å². The van der Waals surface area contributed by atoms with Crippen LogP contribution in [0, 0.1) is 0 Å². The zero-order valence-electron chi connectivity index (χ0n) is 14.9. The molecule has 29 heavy (non-hydrogen) atoms. The molecule has 2 N–H and O–H groups in total. The molecule has 2 aromatic carbocycles. The Balaban J connectivity index is 2.00. The van der Waals surface area contributed by atoms with Gasteiger partial charge in [0.05, 0.1) is 15.6 Å². The van der Waals surface area contributed by atoms with Gasteiger partial charge in [-0.05, 0) is 29.8 Å². The maximum Gasteiger partial charge on any atom is 0.512 e. The average molecular weight is 437 g/mol. The minimum Gasteiger partial charge on any atom is -0.499 e. The molecule has 0 radical (unpaired) electrons. The molecule has 0 aliphatic heterocycles. The van der Waals surface area contributed by atoms with E-state index in [1.165, 1.54) is 7.05 Å². The molecule has 10 heteroatoms. The van der Waals surface area contributed by atoms with Crippen LogP contribution in [0.3, 0.4) is 0 Å². The lowest BCUT2D eigenvalue weighted by atomic mass is 10.1. The van der Waals surface area contributed by atoms with Gasteiger partial charge in [-0.1, -0.05) is 41.4 Å². The molecule has 0 unspecified atom stereocenters. The smallest absolute Gasteiger partial charge is 0.499 e. The van der Waals surface area contributed by atoms with Gasteiger partial charge in [0, 0.05) is 7.05 Å². The van der Waals surface area contributed by atoms with Gasteiger partial charge in [0.1, 0.15) is 12.4 Å². The maximum atomic E-state index is 12.3. The summed E-state index contributed by atoms with van der Waals surface area (Å²) >= 11 is 11.9. The molecule has 0 saturated heterocycles. The summed E-state index contributed by atoms with van der Waals surface area (Å²) in [7, 11) is 1.38. The van der Waals surface area contributed by atoms with E-state index in [4.69, 9.17) is 33.0 Å². The first-order valence-electron chi connectivity index (χ1n) is 8.15. The Labute approximate surface area is 174 Å². The molecule has 3 aromatic rings. The van der Waals surface area contributed by atoms with Crippen LogP contribution in [-0.2, 0) is 13.7 Å². The summed E-state index contributed by atoms with van der Waals surface area (Å²) in [6.07, 6.45) is -1.71. The van der Waals surface area contributed by atoms with Crippen molar-refractivity contribution in [2.75, 3.05) is 0 Å². The molecule has 0 aliphatic rings. The van der Waals surface area contributed by atoms with Gasteiger partial charge in [-0.3, -0.25) is 9.36 Å². The topological polar surface area (TPSA) is 111 Å². The minimum absolute atomic E-state index is 0.0498. The highest BCUT2D eigenvalue weighted by molar-refractivity contribution is 6.42. The largest absolute Gasteiger partial charge is 0.512 e. The molecule has 150 valence electrons. The van der Waals surface area contributed by atoms with Crippen molar-refractivity contribution in [1.29, 1.82) is 0 Å². The number of aromatic nitrogens is 2. The van der Waals surface area contributed by atoms with Gasteiger partial charge >= 0.3 is 6.16 Å². The van der Waals surface area contributed by atoms with Crippen LogP contribution in [0.5, 0.6) is 17.4 Å². The molecule has 0 bridgehead atoms. The predicted molar refractivity (Wildman–Crippen MR) is 106 cm³/mol. The standard InChI is InChI=1S/C19H14Cl2N2O6/c1-23-16(22-17(29-19(26)27)15(24)18(23)25)11-4-2-3-5-14(11)28-9-10-6-7-12(20)13(21)8-10/h2-8,24H,9H2,1H3,(H,26,27). The highest BCUT2D eigenvalue weighted by atomic mass is 35.5. The predicted octanol–water partition coefficient (Wildman–Crippen LogP) is 4.10. The third-order valence-electron chi connectivity index (χ3n) is 3.93. The van der Waals surface area contributed by atoms with Crippen molar-refractivity contribution in [3.05, 3.63) is 68.4 Å². The van der Waals surface area contributed by atoms with Gasteiger partial charge in [0.25, 0.3) is 11.4 Å². The highest BCUT2D eigenvalue weighted by Crippen LogP contribution is 2.31. The Morgan fingerprint density at radius 1 is 1.17 bits per heavy atom. The highest BCUT2D eigenvalue weighted by Gasteiger charge is 2.20. The summed E-state index contributed by atoms with van der Waals surface area (Å²) in [6, 6.07) is 11.8. The third-order valence-corrected chi connectivity index (χ3v) is 4.66. The van der Waals surface area contributed by atoms with Gasteiger partial charge in [-0.15, -0.1) is 0 Å². The SMILES string of the molecule is Cn1c(-c2ccccc2OCc2ccc(Cl)c(Cl)c2)nc(OC(=O)O)c(O)c1=O. The zero-order chi connectivity index (χ0) is 21.1. The zero-order valence-corrected chi connectivity index (χ0v) is 16.4. The van der Waals surface area contributed by atoms with Crippen LogP contribution >= 0.6 is 23.2 Å². The van der Waals surface area contributed by atoms with Crippen LogP contribution in [0.25, 0.3) is 11.4 Å². The van der Waals surface area contributed by atoms with Crippen molar-refractivity contribution in [3.8, 4) is 28.8 Å². The quantitative estimate of drug-likeness (QED) is 0.579. The van der Waals surface area contributed by atoms with Crippen molar-refractivity contribution >= 4 is 29.4 Å². The molecule has 0 aliphatic carbocycles. The summed E-state index contributed by atoms with van der Waals surface area (Å²) in [6.45, 7) is 0.151. The van der Waals surface area contributed by atoms with E-state index in [0.29, 0.717) is 21.4 Å². The van der Waals surface area contributed by atoms with Crippen molar-refractivity contribution < 1.29 is 24.5 Å². The van der Waals surface area contributed by atoms with E-state index in [0.717, 1.165) is 10.1 Å². The van der Waals surface area contributed by atoms with Crippen molar-refractivity contribution in [2.24, 2.45) is 7.05 Å². The normalized spacial score (nSPS) is 10.6. The number of nitrogens with zero attached hydrogens (tertiary/aromatic N) is 2. The van der Waals surface area contributed by atoms with Crippen molar-refractivity contribution in [2.45, 2.75) is 6.61 Å². The van der Waals surface area contributed by atoms with Crippen LogP contribution < -0.4 is 15.0 Å². The summed E-state index contributed by atoms with van der Waals surface area (Å²) < 4.78 is 11.3. The number of hydrogen-bond donors (Lipinski definition) is 2. The average Bonchev–Trinajstić information content (AvgIpc) is 2.69. The number of carboxylic acid groups (broad SMARTS) is 1. The summed E-state index contributed by atoms with van der Waals surface area (Å²) in [5.41, 5.74) is 0.282. The molecule has 0 spiro atoms. The van der Waals surface area contributed by atoms with E-state index in [2.05, 4.69) is 9.72 Å². The summed E-state index contributed by atoms with van der Waals surface area (Å²) in [4.78, 5) is 27.0. The third kappa shape index (κ3) is 4.44. The van der Waals surface area contributed by atoms with Gasteiger partial charge in [-0.25, -0.2) is 4.79 Å². The molecular formula is C19H14Cl2N2O6. The molecule has 0 atom stereocenters. The minimum atomic E-state index is -1.71. The van der Waals surface area contributed by atoms with Crippen molar-refractivity contribution in [1.82, 2.24) is 9.55 Å². The van der Waals surface area contributed by atoms with Crippen LogP contribution in [0.1, 0.15) is 5.56 Å². The number of para-hydroxylation sites is 1. The molecule has 0 fully saturated rings. The van der Waals surface area contributed by atoms with Gasteiger partial charge in [-0.2, -0.15) is 4.98 Å². The first-order valence-corrected chi connectivity index (χ1v) is 8.90. The number of hydrogen-bond acceptors (Lipinski definition) is 6.